The second kappa shape index (κ2) is 6.80. The quantitative estimate of drug-likeness (QED) is 0.655. The van der Waals surface area contributed by atoms with Crippen LogP contribution in [0, 0.1) is 27.7 Å². The van der Waals surface area contributed by atoms with Gasteiger partial charge in [-0.2, -0.15) is 0 Å². The third-order valence-electron chi connectivity index (χ3n) is 5.59. The van der Waals surface area contributed by atoms with Crippen LogP contribution in [0.2, 0.25) is 0 Å². The minimum absolute atomic E-state index is 0.0311. The minimum atomic E-state index is -0.0311. The molecule has 0 aliphatic carbocycles. The molecule has 3 heterocycles. The lowest BCUT2D eigenvalue weighted by Crippen LogP contribution is -2.39. The Labute approximate surface area is 159 Å². The second-order valence-electron chi connectivity index (χ2n) is 7.59. The summed E-state index contributed by atoms with van der Waals surface area (Å²) in [5.74, 6) is 0.846. The Morgan fingerprint density at radius 3 is 2.70 bits per heavy atom. The molecule has 1 amide bonds. The lowest BCUT2D eigenvalue weighted by atomic mass is 9.94. The monoisotopic (exact) mass is 363 g/mol. The second-order valence-corrected chi connectivity index (χ2v) is 7.59. The molecule has 1 saturated heterocycles. The molecule has 1 aliphatic rings. The molecule has 0 N–H and O–H groups in total. The molecule has 27 heavy (non-hydrogen) atoms. The first kappa shape index (κ1) is 17.7. The van der Waals surface area contributed by atoms with Crippen molar-refractivity contribution in [1.82, 2.24) is 15.0 Å². The summed E-state index contributed by atoms with van der Waals surface area (Å²) >= 11 is 0. The highest BCUT2D eigenvalue weighted by atomic mass is 16.5. The highest BCUT2D eigenvalue weighted by Crippen LogP contribution is 2.34. The van der Waals surface area contributed by atoms with Gasteiger partial charge in [-0.25, -0.2) is 0 Å². The molecular formula is C22H25N3O2. The number of likely N-dealkylation sites (tertiary alicyclic amines) is 1. The lowest BCUT2D eigenvalue weighted by molar-refractivity contribution is 0.0603. The lowest BCUT2D eigenvalue weighted by Gasteiger charge is -2.35. The number of rotatable bonds is 2. The van der Waals surface area contributed by atoms with Crippen molar-refractivity contribution in [3.63, 3.8) is 0 Å². The number of fused-ring (bicyclic) bond motifs is 1. The predicted octanol–water partition coefficient (Wildman–Crippen LogP) is 4.82. The van der Waals surface area contributed by atoms with Gasteiger partial charge in [-0.1, -0.05) is 16.8 Å². The van der Waals surface area contributed by atoms with Gasteiger partial charge < -0.3 is 9.42 Å². The predicted molar refractivity (Wildman–Crippen MR) is 105 cm³/mol. The van der Waals surface area contributed by atoms with Crippen molar-refractivity contribution in [3.05, 3.63) is 58.1 Å². The molecule has 3 aromatic rings. The molecule has 1 fully saturated rings. The van der Waals surface area contributed by atoms with Crippen LogP contribution in [-0.4, -0.2) is 27.5 Å². The van der Waals surface area contributed by atoms with Crippen LogP contribution in [0.1, 0.15) is 63.9 Å². The molecule has 140 valence electrons. The van der Waals surface area contributed by atoms with E-state index in [1.165, 1.54) is 0 Å². The molecule has 0 spiro atoms. The van der Waals surface area contributed by atoms with Crippen molar-refractivity contribution in [2.24, 2.45) is 0 Å². The van der Waals surface area contributed by atoms with Crippen LogP contribution < -0.4 is 0 Å². The van der Waals surface area contributed by atoms with Crippen molar-refractivity contribution < 1.29 is 9.32 Å². The molecule has 0 bridgehead atoms. The maximum Gasteiger partial charge on any atom is 0.255 e. The van der Waals surface area contributed by atoms with Crippen LogP contribution in [0.3, 0.4) is 0 Å². The number of hydrogen-bond acceptors (Lipinski definition) is 4. The molecule has 5 nitrogen and oxygen atoms in total. The third-order valence-corrected chi connectivity index (χ3v) is 5.59. The fourth-order valence-corrected chi connectivity index (χ4v) is 4.04. The summed E-state index contributed by atoms with van der Waals surface area (Å²) in [4.78, 5) is 20.4. The Hall–Kier alpha value is -2.69. The summed E-state index contributed by atoms with van der Waals surface area (Å²) in [6, 6.07) is 8.03. The largest absolute Gasteiger partial charge is 0.361 e. The highest BCUT2D eigenvalue weighted by molar-refractivity contribution is 6.08. The summed E-state index contributed by atoms with van der Waals surface area (Å²) < 4.78 is 5.28. The summed E-state index contributed by atoms with van der Waals surface area (Å²) in [6.07, 6.45) is 3.02. The van der Waals surface area contributed by atoms with E-state index in [1.54, 1.807) is 0 Å². The number of nitrogens with zero attached hydrogens (tertiary/aromatic N) is 3. The average molecular weight is 363 g/mol. The first-order valence-corrected chi connectivity index (χ1v) is 9.57. The van der Waals surface area contributed by atoms with Crippen molar-refractivity contribution in [2.45, 2.75) is 53.0 Å². The minimum Gasteiger partial charge on any atom is -0.361 e. The highest BCUT2D eigenvalue weighted by Gasteiger charge is 2.32. The summed E-state index contributed by atoms with van der Waals surface area (Å²) in [5.41, 5.74) is 5.49. The fraction of sp³-hybridized carbons (Fsp3) is 0.409. The van der Waals surface area contributed by atoms with Gasteiger partial charge in [0.2, 0.25) is 0 Å². The molecule has 2 aromatic heterocycles. The first-order chi connectivity index (χ1) is 13.0. The normalized spacial score (nSPS) is 17.5. The van der Waals surface area contributed by atoms with E-state index < -0.39 is 0 Å². The number of benzene rings is 1. The topological polar surface area (TPSA) is 59.2 Å². The third kappa shape index (κ3) is 3.11. The summed E-state index contributed by atoms with van der Waals surface area (Å²) in [5, 5.41) is 5.13. The average Bonchev–Trinajstić information content (AvgIpc) is 3.09. The number of aromatic nitrogens is 2. The van der Waals surface area contributed by atoms with Gasteiger partial charge in [0.15, 0.2) is 0 Å². The number of piperidine rings is 1. The number of carbonyl (C=O) groups excluding carboxylic acids is 1. The van der Waals surface area contributed by atoms with E-state index >= 15 is 0 Å². The summed E-state index contributed by atoms with van der Waals surface area (Å²) in [6.45, 7) is 8.64. The SMILES string of the molecule is Cc1ccc2nc(C)c(C)c(C(=O)N3CCCCC3c3cc(C)on3)c2c1. The van der Waals surface area contributed by atoms with E-state index in [0.717, 1.165) is 70.5 Å². The zero-order valence-electron chi connectivity index (χ0n) is 16.4. The van der Waals surface area contributed by atoms with Gasteiger partial charge in [0.05, 0.1) is 17.1 Å². The molecule has 1 unspecified atom stereocenters. The Balaban J connectivity index is 1.83. The summed E-state index contributed by atoms with van der Waals surface area (Å²) in [7, 11) is 0. The van der Waals surface area contributed by atoms with Crippen LogP contribution in [0.4, 0.5) is 0 Å². The zero-order chi connectivity index (χ0) is 19.1. The van der Waals surface area contributed by atoms with Gasteiger partial charge >= 0.3 is 0 Å². The van der Waals surface area contributed by atoms with E-state index in [9.17, 15) is 4.79 Å². The number of aryl methyl sites for hydroxylation is 3. The van der Waals surface area contributed by atoms with E-state index in [4.69, 9.17) is 4.52 Å². The fourth-order valence-electron chi connectivity index (χ4n) is 4.04. The van der Waals surface area contributed by atoms with E-state index in [0.29, 0.717) is 0 Å². The van der Waals surface area contributed by atoms with Gasteiger partial charge in [0.1, 0.15) is 11.5 Å². The molecule has 1 atom stereocenters. The first-order valence-electron chi connectivity index (χ1n) is 9.57. The standard InChI is InChI=1S/C22H25N3O2/c1-13-8-9-18-17(11-13)21(15(3)16(4)23-18)22(26)25-10-6-5-7-20(25)19-12-14(2)27-24-19/h8-9,11-12,20H,5-7,10H2,1-4H3. The van der Waals surface area contributed by atoms with E-state index in [2.05, 4.69) is 16.2 Å². The molecule has 0 radical (unpaired) electrons. The van der Waals surface area contributed by atoms with Gasteiger partial charge in [-0.15, -0.1) is 0 Å². The van der Waals surface area contributed by atoms with Gasteiger partial charge in [0.25, 0.3) is 5.91 Å². The van der Waals surface area contributed by atoms with Gasteiger partial charge in [-0.3, -0.25) is 9.78 Å². The zero-order valence-corrected chi connectivity index (χ0v) is 16.4. The van der Waals surface area contributed by atoms with E-state index in [-0.39, 0.29) is 11.9 Å². The van der Waals surface area contributed by atoms with Crippen LogP contribution in [0.5, 0.6) is 0 Å². The maximum atomic E-state index is 13.7. The smallest absolute Gasteiger partial charge is 0.255 e. The Kier molecular flexibility index (Phi) is 4.46. The Bertz CT molecular complexity index is 1020. The van der Waals surface area contributed by atoms with Gasteiger partial charge in [-0.05, 0) is 64.7 Å². The van der Waals surface area contributed by atoms with Crippen molar-refractivity contribution in [1.29, 1.82) is 0 Å². The number of carbonyl (C=O) groups is 1. The molecule has 4 rings (SSSR count). The number of amides is 1. The van der Waals surface area contributed by atoms with Crippen molar-refractivity contribution in [3.8, 4) is 0 Å². The Morgan fingerprint density at radius 1 is 1.15 bits per heavy atom. The van der Waals surface area contributed by atoms with Crippen LogP contribution in [-0.2, 0) is 0 Å². The maximum absolute atomic E-state index is 13.7. The van der Waals surface area contributed by atoms with Crippen molar-refractivity contribution in [2.75, 3.05) is 6.54 Å². The molecule has 5 heteroatoms. The van der Waals surface area contributed by atoms with Crippen molar-refractivity contribution >= 4 is 16.8 Å². The number of pyridine rings is 1. The van der Waals surface area contributed by atoms with Crippen LogP contribution in [0.15, 0.2) is 28.8 Å². The number of hydrogen-bond donors (Lipinski definition) is 0. The molecular weight excluding hydrogens is 338 g/mol. The van der Waals surface area contributed by atoms with Gasteiger partial charge in [0, 0.05) is 23.7 Å². The molecule has 1 aromatic carbocycles. The molecule has 0 saturated carbocycles. The van der Waals surface area contributed by atoms with E-state index in [1.807, 2.05) is 50.8 Å². The van der Waals surface area contributed by atoms with Crippen LogP contribution >= 0.6 is 0 Å². The molecule has 1 aliphatic heterocycles. The Morgan fingerprint density at radius 2 is 1.96 bits per heavy atom. The van der Waals surface area contributed by atoms with Crippen LogP contribution in [0.25, 0.3) is 10.9 Å².